The van der Waals surface area contributed by atoms with Crippen molar-refractivity contribution in [3.8, 4) is 11.4 Å². The number of likely N-dealkylation sites (N-methyl/N-ethyl adjacent to an activating group) is 2. The number of hydrogen-bond donors (Lipinski definition) is 0. The largest absolute Gasteiger partial charge is 0.340 e. The lowest BCUT2D eigenvalue weighted by Crippen LogP contribution is -2.33. The summed E-state index contributed by atoms with van der Waals surface area (Å²) in [5.41, 5.74) is 2.76. The Hall–Kier alpha value is -2.44. The van der Waals surface area contributed by atoms with Gasteiger partial charge in [-0.3, -0.25) is 4.79 Å². The van der Waals surface area contributed by atoms with E-state index >= 15 is 0 Å². The Morgan fingerprint density at radius 1 is 1.19 bits per heavy atom. The van der Waals surface area contributed by atoms with E-state index in [9.17, 15) is 4.79 Å². The summed E-state index contributed by atoms with van der Waals surface area (Å²) in [6, 6.07) is 9.34. The predicted molar refractivity (Wildman–Crippen MR) is 104 cm³/mol. The number of halogens is 1. The second kappa shape index (κ2) is 7.43. The Morgan fingerprint density at radius 2 is 1.92 bits per heavy atom. The van der Waals surface area contributed by atoms with Gasteiger partial charge in [0.05, 0.1) is 10.6 Å². The molecule has 3 rings (SSSR count). The zero-order valence-electron chi connectivity index (χ0n) is 15.4. The van der Waals surface area contributed by atoms with Crippen molar-refractivity contribution in [2.45, 2.75) is 0 Å². The number of aromatic nitrogens is 3. The summed E-state index contributed by atoms with van der Waals surface area (Å²) in [6.07, 6.45) is 1.61. The van der Waals surface area contributed by atoms with Crippen LogP contribution in [0.4, 0.5) is 0 Å². The average Bonchev–Trinajstić information content (AvgIpc) is 2.95. The highest BCUT2D eigenvalue weighted by Crippen LogP contribution is 2.28. The maximum atomic E-state index is 12.6. The number of benzene rings is 1. The molecule has 0 unspecified atom stereocenters. The minimum atomic E-state index is -0.0637. The van der Waals surface area contributed by atoms with E-state index < -0.39 is 0 Å². The first-order valence-electron chi connectivity index (χ1n) is 8.36. The third-order valence-electron chi connectivity index (χ3n) is 4.30. The summed E-state index contributed by atoms with van der Waals surface area (Å²) in [6.45, 7) is 1.45. The van der Waals surface area contributed by atoms with E-state index in [-0.39, 0.29) is 5.91 Å². The van der Waals surface area contributed by atoms with E-state index in [1.165, 1.54) is 0 Å². The van der Waals surface area contributed by atoms with Gasteiger partial charge in [-0.1, -0.05) is 23.7 Å². The third-order valence-corrected chi connectivity index (χ3v) is 4.63. The second-order valence-corrected chi connectivity index (χ2v) is 6.98. The maximum absolute atomic E-state index is 12.6. The van der Waals surface area contributed by atoms with E-state index in [4.69, 9.17) is 11.6 Å². The van der Waals surface area contributed by atoms with Crippen LogP contribution in [0, 0.1) is 0 Å². The van der Waals surface area contributed by atoms with E-state index in [0.29, 0.717) is 28.3 Å². The van der Waals surface area contributed by atoms with Crippen molar-refractivity contribution in [3.63, 3.8) is 0 Å². The summed E-state index contributed by atoms with van der Waals surface area (Å²) in [7, 11) is 7.65. The van der Waals surface area contributed by atoms with Gasteiger partial charge >= 0.3 is 0 Å². The Morgan fingerprint density at radius 3 is 2.62 bits per heavy atom. The van der Waals surface area contributed by atoms with Crippen LogP contribution in [0.15, 0.2) is 36.5 Å². The van der Waals surface area contributed by atoms with E-state index in [1.54, 1.807) is 24.2 Å². The molecule has 0 fully saturated rings. The first kappa shape index (κ1) is 18.4. The molecule has 2 heterocycles. The molecule has 136 valence electrons. The molecule has 0 N–H and O–H groups in total. The highest BCUT2D eigenvalue weighted by atomic mass is 35.5. The molecule has 3 aromatic rings. The summed E-state index contributed by atoms with van der Waals surface area (Å²) in [5.74, 6) is 0.662. The quantitative estimate of drug-likeness (QED) is 0.692. The fourth-order valence-electron chi connectivity index (χ4n) is 2.75. The molecule has 0 atom stereocenters. The minimum Gasteiger partial charge on any atom is -0.340 e. The van der Waals surface area contributed by atoms with Gasteiger partial charge in [0.2, 0.25) is 0 Å². The third kappa shape index (κ3) is 3.57. The van der Waals surface area contributed by atoms with Crippen LogP contribution in [0.5, 0.6) is 0 Å². The molecule has 0 radical (unpaired) electrons. The molecular weight excluding hydrogens is 350 g/mol. The van der Waals surface area contributed by atoms with E-state index in [2.05, 4.69) is 9.97 Å². The lowest BCUT2D eigenvalue weighted by Gasteiger charge is -2.19. The number of rotatable bonds is 5. The van der Waals surface area contributed by atoms with Crippen molar-refractivity contribution >= 4 is 28.7 Å². The zero-order chi connectivity index (χ0) is 18.8. The normalized spacial score (nSPS) is 11.3. The Balaban J connectivity index is 1.95. The lowest BCUT2D eigenvalue weighted by molar-refractivity contribution is 0.0786. The van der Waals surface area contributed by atoms with Crippen LogP contribution in [-0.2, 0) is 7.05 Å². The van der Waals surface area contributed by atoms with Gasteiger partial charge in [-0.05, 0) is 32.3 Å². The minimum absolute atomic E-state index is 0.0637. The van der Waals surface area contributed by atoms with Gasteiger partial charge in [-0.2, -0.15) is 0 Å². The molecule has 0 aliphatic rings. The van der Waals surface area contributed by atoms with Gasteiger partial charge in [0.1, 0.15) is 11.3 Å². The standard InChI is InChI=1S/C19H22ClN5O/c1-23(2)9-10-24(3)19(26)13-11-16-18(21-12-13)25(4)17(22-16)14-7-5-6-8-15(14)20/h5-8,11-12H,9-10H2,1-4H3. The van der Waals surface area contributed by atoms with E-state index in [1.807, 2.05) is 54.9 Å². The van der Waals surface area contributed by atoms with Crippen LogP contribution >= 0.6 is 11.6 Å². The molecule has 7 heteroatoms. The zero-order valence-corrected chi connectivity index (χ0v) is 16.2. The molecule has 0 aliphatic carbocycles. The Bertz CT molecular complexity index is 950. The number of fused-ring (bicyclic) bond motifs is 1. The van der Waals surface area contributed by atoms with Crippen molar-refractivity contribution in [1.82, 2.24) is 24.3 Å². The topological polar surface area (TPSA) is 54.3 Å². The van der Waals surface area contributed by atoms with Crippen molar-refractivity contribution in [2.24, 2.45) is 7.05 Å². The number of carbonyl (C=O) groups excluding carboxylic acids is 1. The van der Waals surface area contributed by atoms with Crippen LogP contribution in [0.2, 0.25) is 5.02 Å². The first-order valence-corrected chi connectivity index (χ1v) is 8.74. The first-order chi connectivity index (χ1) is 12.4. The van der Waals surface area contributed by atoms with Gasteiger partial charge in [-0.15, -0.1) is 0 Å². The van der Waals surface area contributed by atoms with E-state index in [0.717, 1.165) is 17.9 Å². The van der Waals surface area contributed by atoms with Crippen molar-refractivity contribution in [3.05, 3.63) is 47.1 Å². The van der Waals surface area contributed by atoms with Crippen LogP contribution in [0.25, 0.3) is 22.6 Å². The number of carbonyl (C=O) groups is 1. The highest BCUT2D eigenvalue weighted by Gasteiger charge is 2.17. The van der Waals surface area contributed by atoms with Crippen LogP contribution < -0.4 is 0 Å². The summed E-state index contributed by atoms with van der Waals surface area (Å²) in [4.78, 5) is 25.5. The van der Waals surface area contributed by atoms with Gasteiger partial charge in [-0.25, -0.2) is 9.97 Å². The second-order valence-electron chi connectivity index (χ2n) is 6.57. The van der Waals surface area contributed by atoms with Crippen molar-refractivity contribution < 1.29 is 4.79 Å². The number of hydrogen-bond acceptors (Lipinski definition) is 4. The number of pyridine rings is 1. The number of amides is 1. The van der Waals surface area contributed by atoms with Crippen LogP contribution in [0.3, 0.4) is 0 Å². The summed E-state index contributed by atoms with van der Waals surface area (Å²) in [5, 5.41) is 0.630. The van der Waals surface area contributed by atoms with Gasteiger partial charge in [0, 0.05) is 38.9 Å². The molecule has 1 aromatic carbocycles. The Labute approximate surface area is 158 Å². The molecule has 6 nitrogen and oxygen atoms in total. The molecule has 0 bridgehead atoms. The molecule has 0 aliphatic heterocycles. The number of aryl methyl sites for hydroxylation is 1. The molecule has 0 spiro atoms. The number of nitrogens with zero attached hydrogens (tertiary/aromatic N) is 5. The molecule has 1 amide bonds. The highest BCUT2D eigenvalue weighted by molar-refractivity contribution is 6.33. The molecule has 2 aromatic heterocycles. The van der Waals surface area contributed by atoms with Gasteiger partial charge < -0.3 is 14.4 Å². The SMILES string of the molecule is CN(C)CCN(C)C(=O)c1cnc2c(c1)nc(-c1ccccc1Cl)n2C. The summed E-state index contributed by atoms with van der Waals surface area (Å²) >= 11 is 6.30. The molecular formula is C19H22ClN5O. The average molecular weight is 372 g/mol. The lowest BCUT2D eigenvalue weighted by atomic mass is 10.2. The van der Waals surface area contributed by atoms with Crippen LogP contribution in [-0.4, -0.2) is 64.5 Å². The number of imidazole rings is 1. The Kier molecular flexibility index (Phi) is 5.25. The fraction of sp³-hybridized carbons (Fsp3) is 0.316. The fourth-order valence-corrected chi connectivity index (χ4v) is 2.97. The summed E-state index contributed by atoms with van der Waals surface area (Å²) < 4.78 is 1.89. The molecule has 0 saturated carbocycles. The van der Waals surface area contributed by atoms with Gasteiger partial charge in [0.25, 0.3) is 5.91 Å². The molecule has 0 saturated heterocycles. The predicted octanol–water partition coefficient (Wildman–Crippen LogP) is 2.92. The van der Waals surface area contributed by atoms with Crippen molar-refractivity contribution in [2.75, 3.05) is 34.2 Å². The maximum Gasteiger partial charge on any atom is 0.255 e. The van der Waals surface area contributed by atoms with Crippen molar-refractivity contribution in [1.29, 1.82) is 0 Å². The van der Waals surface area contributed by atoms with Crippen LogP contribution in [0.1, 0.15) is 10.4 Å². The van der Waals surface area contributed by atoms with Gasteiger partial charge in [0.15, 0.2) is 5.65 Å². The molecule has 26 heavy (non-hydrogen) atoms. The monoisotopic (exact) mass is 371 g/mol. The smallest absolute Gasteiger partial charge is 0.255 e.